The highest BCUT2D eigenvalue weighted by Gasteiger charge is 2.37. The van der Waals surface area contributed by atoms with Gasteiger partial charge in [0.05, 0.1) is 12.9 Å². The highest BCUT2D eigenvalue weighted by Crippen LogP contribution is 2.25. The number of carbonyl (C=O) groups excluding carboxylic acids is 1. The molecule has 6 heteroatoms. The highest BCUT2D eigenvalue weighted by molar-refractivity contribution is 7.89. The van der Waals surface area contributed by atoms with Gasteiger partial charge in [-0.3, -0.25) is 4.79 Å². The minimum atomic E-state index is -3.46. The second-order valence-corrected chi connectivity index (χ2v) is 7.33. The minimum absolute atomic E-state index is 0.111. The Morgan fingerprint density at radius 1 is 1.32 bits per heavy atom. The van der Waals surface area contributed by atoms with Gasteiger partial charge in [-0.2, -0.15) is 4.72 Å². The summed E-state index contributed by atoms with van der Waals surface area (Å²) in [6.07, 6.45) is 5.68. The Hall–Kier alpha value is -0.620. The summed E-state index contributed by atoms with van der Waals surface area (Å²) in [4.78, 5) is 11.7. The minimum Gasteiger partial charge on any atom is -0.468 e. The van der Waals surface area contributed by atoms with Crippen molar-refractivity contribution >= 4 is 16.0 Å². The first-order valence-corrected chi connectivity index (χ1v) is 8.58. The molecule has 0 amide bonds. The van der Waals surface area contributed by atoms with Gasteiger partial charge in [-0.25, -0.2) is 8.42 Å². The van der Waals surface area contributed by atoms with Gasteiger partial charge in [0.1, 0.15) is 5.54 Å². The molecule has 0 spiro atoms. The van der Waals surface area contributed by atoms with Crippen LogP contribution in [-0.4, -0.2) is 32.8 Å². The van der Waals surface area contributed by atoms with Crippen LogP contribution >= 0.6 is 0 Å². The topological polar surface area (TPSA) is 72.5 Å². The number of sulfonamides is 1. The molecule has 112 valence electrons. The van der Waals surface area contributed by atoms with Crippen molar-refractivity contribution in [3.05, 3.63) is 0 Å². The van der Waals surface area contributed by atoms with Crippen molar-refractivity contribution in [2.24, 2.45) is 5.92 Å². The van der Waals surface area contributed by atoms with Crippen molar-refractivity contribution in [3.8, 4) is 0 Å². The Kier molecular flexibility index (Phi) is 5.80. The van der Waals surface area contributed by atoms with Crippen LogP contribution in [0.2, 0.25) is 0 Å². The largest absolute Gasteiger partial charge is 0.468 e. The molecule has 0 aromatic heterocycles. The molecule has 0 saturated heterocycles. The number of methoxy groups -OCH3 is 1. The molecule has 1 saturated carbocycles. The molecule has 0 aromatic carbocycles. The number of hydrogen-bond acceptors (Lipinski definition) is 4. The predicted molar refractivity (Wildman–Crippen MR) is 74.2 cm³/mol. The molecule has 1 N–H and O–H groups in total. The zero-order valence-electron chi connectivity index (χ0n) is 12.1. The fourth-order valence-electron chi connectivity index (χ4n) is 2.53. The van der Waals surface area contributed by atoms with Crippen LogP contribution in [0.15, 0.2) is 0 Å². The highest BCUT2D eigenvalue weighted by atomic mass is 32.2. The number of ether oxygens (including phenoxy) is 1. The van der Waals surface area contributed by atoms with Crippen LogP contribution in [0, 0.1) is 5.92 Å². The van der Waals surface area contributed by atoms with E-state index in [4.69, 9.17) is 0 Å². The normalized spacial score (nSPS) is 20.8. The summed E-state index contributed by atoms with van der Waals surface area (Å²) in [7, 11) is -2.19. The second kappa shape index (κ2) is 6.70. The number of rotatable bonds is 6. The van der Waals surface area contributed by atoms with E-state index in [1.54, 1.807) is 13.8 Å². The molecule has 0 aromatic rings. The third-order valence-corrected chi connectivity index (χ3v) is 5.58. The van der Waals surface area contributed by atoms with E-state index < -0.39 is 21.5 Å². The van der Waals surface area contributed by atoms with E-state index >= 15 is 0 Å². The van der Waals surface area contributed by atoms with E-state index in [0.717, 1.165) is 25.7 Å². The van der Waals surface area contributed by atoms with Crippen LogP contribution in [0.25, 0.3) is 0 Å². The van der Waals surface area contributed by atoms with Gasteiger partial charge in [0, 0.05) is 0 Å². The van der Waals surface area contributed by atoms with Gasteiger partial charge in [0.2, 0.25) is 10.0 Å². The molecule has 0 aliphatic heterocycles. The van der Waals surface area contributed by atoms with E-state index in [2.05, 4.69) is 9.46 Å². The number of carbonyl (C=O) groups is 1. The maximum atomic E-state index is 12.2. The number of nitrogens with one attached hydrogen (secondary N) is 1. The summed E-state index contributed by atoms with van der Waals surface area (Å²) < 4.78 is 31.5. The average molecular weight is 291 g/mol. The molecule has 0 heterocycles. The lowest BCUT2D eigenvalue weighted by molar-refractivity contribution is -0.147. The lowest BCUT2D eigenvalue weighted by atomic mass is 9.91. The van der Waals surface area contributed by atoms with Crippen molar-refractivity contribution < 1.29 is 17.9 Å². The van der Waals surface area contributed by atoms with Crippen molar-refractivity contribution in [3.63, 3.8) is 0 Å². The predicted octanol–water partition coefficient (Wildman–Crippen LogP) is 1.83. The van der Waals surface area contributed by atoms with Crippen molar-refractivity contribution in [2.75, 3.05) is 12.9 Å². The molecular formula is C13H25NO4S. The van der Waals surface area contributed by atoms with Crippen LogP contribution in [0.5, 0.6) is 0 Å². The van der Waals surface area contributed by atoms with E-state index in [0.29, 0.717) is 6.42 Å². The Bertz CT molecular complexity index is 401. The summed E-state index contributed by atoms with van der Waals surface area (Å²) in [5.74, 6) is -0.216. The smallest absolute Gasteiger partial charge is 0.326 e. The summed E-state index contributed by atoms with van der Waals surface area (Å²) in [5, 5.41) is 0. The van der Waals surface area contributed by atoms with E-state index in [-0.39, 0.29) is 11.7 Å². The van der Waals surface area contributed by atoms with Gasteiger partial charge in [-0.05, 0) is 32.1 Å². The fourth-order valence-corrected chi connectivity index (χ4v) is 4.48. The third kappa shape index (κ3) is 4.76. The van der Waals surface area contributed by atoms with Crippen LogP contribution in [-0.2, 0) is 19.6 Å². The zero-order chi connectivity index (χ0) is 14.5. The Balaban J connectivity index is 2.68. The molecule has 1 atom stereocenters. The first-order chi connectivity index (χ1) is 8.83. The maximum absolute atomic E-state index is 12.2. The van der Waals surface area contributed by atoms with Gasteiger partial charge >= 0.3 is 5.97 Å². The van der Waals surface area contributed by atoms with E-state index in [9.17, 15) is 13.2 Å². The quantitative estimate of drug-likeness (QED) is 0.758. The first-order valence-electron chi connectivity index (χ1n) is 6.93. The summed E-state index contributed by atoms with van der Waals surface area (Å²) >= 11 is 0. The SMILES string of the molecule is CCC(C)(NS(=O)(=O)CC1CCCCC1)C(=O)OC. The molecule has 1 fully saturated rings. The summed E-state index contributed by atoms with van der Waals surface area (Å²) in [5.41, 5.74) is -1.16. The summed E-state index contributed by atoms with van der Waals surface area (Å²) in [6.45, 7) is 3.33. The lowest BCUT2D eigenvalue weighted by Gasteiger charge is -2.28. The molecule has 19 heavy (non-hydrogen) atoms. The van der Waals surface area contributed by atoms with Gasteiger partial charge in [0.15, 0.2) is 0 Å². The second-order valence-electron chi connectivity index (χ2n) is 5.56. The maximum Gasteiger partial charge on any atom is 0.326 e. The number of hydrogen-bond donors (Lipinski definition) is 1. The van der Waals surface area contributed by atoms with Crippen LogP contribution in [0.3, 0.4) is 0 Å². The fraction of sp³-hybridized carbons (Fsp3) is 0.923. The van der Waals surface area contributed by atoms with Crippen molar-refractivity contribution in [1.82, 2.24) is 4.72 Å². The first kappa shape index (κ1) is 16.4. The van der Waals surface area contributed by atoms with Crippen LogP contribution in [0.1, 0.15) is 52.4 Å². The van der Waals surface area contributed by atoms with E-state index in [1.807, 2.05) is 0 Å². The van der Waals surface area contributed by atoms with Gasteiger partial charge in [-0.1, -0.05) is 26.2 Å². The van der Waals surface area contributed by atoms with Gasteiger partial charge < -0.3 is 4.74 Å². The molecule has 1 unspecified atom stereocenters. The van der Waals surface area contributed by atoms with Crippen LogP contribution < -0.4 is 4.72 Å². The molecule has 5 nitrogen and oxygen atoms in total. The molecule has 1 aliphatic carbocycles. The van der Waals surface area contributed by atoms with Crippen molar-refractivity contribution in [2.45, 2.75) is 57.9 Å². The van der Waals surface area contributed by atoms with Gasteiger partial charge in [0.25, 0.3) is 0 Å². The molecular weight excluding hydrogens is 266 g/mol. The number of esters is 1. The molecule has 1 aliphatic rings. The van der Waals surface area contributed by atoms with E-state index in [1.165, 1.54) is 13.5 Å². The average Bonchev–Trinajstić information content (AvgIpc) is 2.37. The zero-order valence-corrected chi connectivity index (χ0v) is 12.9. The molecule has 1 rings (SSSR count). The van der Waals surface area contributed by atoms with Gasteiger partial charge in [-0.15, -0.1) is 0 Å². The Labute approximate surface area is 116 Å². The Morgan fingerprint density at radius 3 is 2.37 bits per heavy atom. The molecule has 0 bridgehead atoms. The Morgan fingerprint density at radius 2 is 1.89 bits per heavy atom. The monoisotopic (exact) mass is 291 g/mol. The van der Waals surface area contributed by atoms with Crippen molar-refractivity contribution in [1.29, 1.82) is 0 Å². The third-order valence-electron chi connectivity index (χ3n) is 3.90. The summed E-state index contributed by atoms with van der Waals surface area (Å²) in [6, 6.07) is 0. The molecule has 0 radical (unpaired) electrons. The van der Waals surface area contributed by atoms with Crippen LogP contribution in [0.4, 0.5) is 0 Å². The standard InChI is InChI=1S/C13H25NO4S/c1-4-13(2,12(15)18-3)14-19(16,17)10-11-8-6-5-7-9-11/h11,14H,4-10H2,1-3H3. The lowest BCUT2D eigenvalue weighted by Crippen LogP contribution is -2.53.